The second kappa shape index (κ2) is 11.9. The van der Waals surface area contributed by atoms with Gasteiger partial charge in [-0.25, -0.2) is 13.6 Å². The van der Waals surface area contributed by atoms with Crippen LogP contribution in [0.25, 0.3) is 11.0 Å². The largest absolute Gasteiger partial charge is 0.465 e. The van der Waals surface area contributed by atoms with Crippen molar-refractivity contribution in [3.63, 3.8) is 0 Å². The minimum atomic E-state index is -2.70. The van der Waals surface area contributed by atoms with Crippen molar-refractivity contribution >= 4 is 40.3 Å². The van der Waals surface area contributed by atoms with Gasteiger partial charge >= 0.3 is 11.6 Å². The predicted molar refractivity (Wildman–Crippen MR) is 121 cm³/mol. The van der Waals surface area contributed by atoms with Crippen LogP contribution in [0.15, 0.2) is 32.3 Å². The minimum absolute atomic E-state index is 0.0883. The van der Waals surface area contributed by atoms with E-state index in [2.05, 4.69) is 0 Å². The lowest BCUT2D eigenvalue weighted by molar-refractivity contribution is -0.147. The van der Waals surface area contributed by atoms with Crippen LogP contribution in [-0.2, 0) is 9.53 Å². The first-order valence-electron chi connectivity index (χ1n) is 10.5. The molecule has 0 amide bonds. The van der Waals surface area contributed by atoms with Gasteiger partial charge in [-0.2, -0.15) is 0 Å². The van der Waals surface area contributed by atoms with Gasteiger partial charge in [0.1, 0.15) is 10.6 Å². The summed E-state index contributed by atoms with van der Waals surface area (Å²) in [6, 6.07) is 5.55. The molecular formula is C23H29ClF2O4S. The molecule has 0 atom stereocenters. The van der Waals surface area contributed by atoms with E-state index >= 15 is 0 Å². The van der Waals surface area contributed by atoms with Gasteiger partial charge in [-0.3, -0.25) is 4.79 Å². The molecule has 0 fully saturated rings. The van der Waals surface area contributed by atoms with Gasteiger partial charge in [-0.1, -0.05) is 25.4 Å². The van der Waals surface area contributed by atoms with Crippen molar-refractivity contribution < 1.29 is 22.7 Å². The molecule has 2 aromatic rings. The quantitative estimate of drug-likeness (QED) is 0.143. The number of ether oxygens (including phenoxy) is 1. The molecule has 4 nitrogen and oxygen atoms in total. The Morgan fingerprint density at radius 1 is 1.19 bits per heavy atom. The number of hydrogen-bond donors (Lipinski definition) is 0. The lowest BCUT2D eigenvalue weighted by Crippen LogP contribution is -2.17. The highest BCUT2D eigenvalue weighted by Gasteiger charge is 2.27. The van der Waals surface area contributed by atoms with Crippen LogP contribution >= 0.6 is 23.4 Å². The monoisotopic (exact) mass is 474 g/mol. The average Bonchev–Trinajstić information content (AvgIpc) is 2.71. The molecule has 1 heterocycles. The van der Waals surface area contributed by atoms with Crippen LogP contribution in [0.1, 0.15) is 57.9 Å². The summed E-state index contributed by atoms with van der Waals surface area (Å²) >= 11 is 7.47. The summed E-state index contributed by atoms with van der Waals surface area (Å²) in [6.45, 7) is 5.45. The third-order valence-electron chi connectivity index (χ3n) is 4.93. The summed E-state index contributed by atoms with van der Waals surface area (Å²) in [4.78, 5) is 24.0. The van der Waals surface area contributed by atoms with E-state index < -0.39 is 11.5 Å². The second-order valence-corrected chi connectivity index (χ2v) is 9.47. The third kappa shape index (κ3) is 8.11. The number of thioether (sulfide) groups is 1. The number of fused-ring (bicyclic) bond motifs is 1. The molecule has 0 aliphatic heterocycles. The third-order valence-corrected chi connectivity index (χ3v) is 6.44. The molecule has 2 rings (SSSR count). The zero-order chi connectivity index (χ0) is 23.0. The van der Waals surface area contributed by atoms with Gasteiger partial charge in [0.05, 0.1) is 12.5 Å². The molecule has 0 aliphatic carbocycles. The predicted octanol–water partition coefficient (Wildman–Crippen LogP) is 7.02. The van der Waals surface area contributed by atoms with Crippen molar-refractivity contribution in [1.29, 1.82) is 0 Å². The van der Waals surface area contributed by atoms with Crippen LogP contribution in [0.2, 0.25) is 5.02 Å². The fourth-order valence-corrected chi connectivity index (χ4v) is 4.11. The van der Waals surface area contributed by atoms with Crippen LogP contribution in [0.5, 0.6) is 0 Å². The summed E-state index contributed by atoms with van der Waals surface area (Å²) in [5.41, 5.74) is 0.599. The maximum Gasteiger partial charge on any atom is 0.355 e. The maximum atomic E-state index is 14.0. The van der Waals surface area contributed by atoms with Crippen molar-refractivity contribution in [2.75, 3.05) is 12.4 Å². The zero-order valence-electron chi connectivity index (χ0n) is 18.1. The number of halogens is 3. The lowest BCUT2D eigenvalue weighted by atomic mass is 10.1. The second-order valence-electron chi connectivity index (χ2n) is 7.93. The lowest BCUT2D eigenvalue weighted by Gasteiger charge is -2.16. The highest BCUT2D eigenvalue weighted by atomic mass is 35.5. The standard InChI is InChI=1S/C23H29ClF2O4S/c1-15(2)21(27)29-12-6-4-10-23(25,26)11-5-7-13-31-17-8-9-18-16(3)20(24)22(28)30-19(18)14-17/h8-9,14-15H,4-7,10-13H2,1-3H3. The van der Waals surface area contributed by atoms with E-state index in [1.54, 1.807) is 38.6 Å². The van der Waals surface area contributed by atoms with Gasteiger partial charge in [0.15, 0.2) is 0 Å². The first-order chi connectivity index (χ1) is 14.6. The number of hydrogen-bond acceptors (Lipinski definition) is 5. The molecule has 0 bridgehead atoms. The number of alkyl halides is 2. The molecule has 172 valence electrons. The van der Waals surface area contributed by atoms with E-state index in [0.29, 0.717) is 42.6 Å². The molecule has 0 spiro atoms. The molecule has 8 heteroatoms. The smallest absolute Gasteiger partial charge is 0.355 e. The van der Waals surface area contributed by atoms with Crippen molar-refractivity contribution in [2.45, 2.75) is 70.1 Å². The fourth-order valence-electron chi connectivity index (χ4n) is 3.03. The van der Waals surface area contributed by atoms with Crippen molar-refractivity contribution in [3.05, 3.63) is 39.2 Å². The van der Waals surface area contributed by atoms with Crippen molar-refractivity contribution in [3.8, 4) is 0 Å². The molecular weight excluding hydrogens is 446 g/mol. The van der Waals surface area contributed by atoms with Crippen LogP contribution in [0.3, 0.4) is 0 Å². The van der Waals surface area contributed by atoms with Gasteiger partial charge in [-0.05, 0) is 62.1 Å². The Labute approximate surface area is 190 Å². The Hall–Kier alpha value is -1.60. The maximum absolute atomic E-state index is 14.0. The first kappa shape index (κ1) is 25.7. The van der Waals surface area contributed by atoms with E-state index in [9.17, 15) is 18.4 Å². The van der Waals surface area contributed by atoms with Gasteiger partial charge in [-0.15, -0.1) is 11.8 Å². The zero-order valence-corrected chi connectivity index (χ0v) is 19.7. The van der Waals surface area contributed by atoms with Crippen LogP contribution in [0, 0.1) is 12.8 Å². The van der Waals surface area contributed by atoms with Gasteiger partial charge < -0.3 is 9.15 Å². The molecule has 1 aromatic heterocycles. The molecule has 0 N–H and O–H groups in total. The molecule has 0 saturated heterocycles. The molecule has 31 heavy (non-hydrogen) atoms. The van der Waals surface area contributed by atoms with E-state index in [0.717, 1.165) is 10.3 Å². The Balaban J connectivity index is 1.68. The van der Waals surface area contributed by atoms with Crippen molar-refractivity contribution in [1.82, 2.24) is 0 Å². The number of esters is 1. The molecule has 0 radical (unpaired) electrons. The summed E-state index contributed by atoms with van der Waals surface area (Å²) in [5, 5.41) is 0.873. The molecule has 0 aliphatic rings. The SMILES string of the molecule is Cc1c(Cl)c(=O)oc2cc(SCCCCC(F)(F)CCCCOC(=O)C(C)C)ccc12. The highest BCUT2D eigenvalue weighted by Crippen LogP contribution is 2.30. The topological polar surface area (TPSA) is 56.5 Å². The van der Waals surface area contributed by atoms with Gasteiger partial charge in [0.2, 0.25) is 5.92 Å². The minimum Gasteiger partial charge on any atom is -0.465 e. The van der Waals surface area contributed by atoms with Crippen LogP contribution in [-0.4, -0.2) is 24.3 Å². The number of carbonyl (C=O) groups is 1. The fraction of sp³-hybridized carbons (Fsp3) is 0.565. The summed E-state index contributed by atoms with van der Waals surface area (Å²) in [7, 11) is 0. The summed E-state index contributed by atoms with van der Waals surface area (Å²) in [5.74, 6) is -2.49. The molecule has 1 aromatic carbocycles. The number of unbranched alkanes of at least 4 members (excludes halogenated alkanes) is 2. The van der Waals surface area contributed by atoms with E-state index in [1.165, 1.54) is 0 Å². The Morgan fingerprint density at radius 2 is 1.87 bits per heavy atom. The molecule has 0 unspecified atom stereocenters. The number of aryl methyl sites for hydroxylation is 1. The highest BCUT2D eigenvalue weighted by molar-refractivity contribution is 7.99. The Bertz CT molecular complexity index is 943. The first-order valence-corrected chi connectivity index (χ1v) is 11.9. The van der Waals surface area contributed by atoms with E-state index in [1.807, 2.05) is 12.1 Å². The summed E-state index contributed by atoms with van der Waals surface area (Å²) < 4.78 is 38.2. The van der Waals surface area contributed by atoms with E-state index in [4.69, 9.17) is 20.8 Å². The number of benzene rings is 1. The summed E-state index contributed by atoms with van der Waals surface area (Å²) in [6.07, 6.45) is 1.54. The Morgan fingerprint density at radius 3 is 2.55 bits per heavy atom. The Kier molecular flexibility index (Phi) is 9.82. The number of carbonyl (C=O) groups excluding carboxylic acids is 1. The van der Waals surface area contributed by atoms with Crippen molar-refractivity contribution in [2.24, 2.45) is 5.92 Å². The van der Waals surface area contributed by atoms with Crippen LogP contribution in [0.4, 0.5) is 8.78 Å². The van der Waals surface area contributed by atoms with E-state index in [-0.39, 0.29) is 36.4 Å². The van der Waals surface area contributed by atoms with Gasteiger partial charge in [0, 0.05) is 23.1 Å². The molecule has 0 saturated carbocycles. The normalized spacial score (nSPS) is 12.0. The van der Waals surface area contributed by atoms with Gasteiger partial charge in [0.25, 0.3) is 0 Å². The average molecular weight is 475 g/mol. The number of rotatable bonds is 12. The van der Waals surface area contributed by atoms with Crippen LogP contribution < -0.4 is 5.63 Å².